The number of nitrogen functional groups attached to an aromatic ring is 1. The Hall–Kier alpha value is -2.16. The maximum absolute atomic E-state index is 12.4. The highest BCUT2D eigenvalue weighted by atomic mass is 35.5. The fraction of sp³-hybridized carbons (Fsp3) is 0.188. The fourth-order valence-corrected chi connectivity index (χ4v) is 3.32. The molecule has 1 aromatic carbocycles. The van der Waals surface area contributed by atoms with Gasteiger partial charge < -0.3 is 15.6 Å². The van der Waals surface area contributed by atoms with Gasteiger partial charge in [-0.1, -0.05) is 41.0 Å². The molecule has 0 aliphatic rings. The van der Waals surface area contributed by atoms with Crippen molar-refractivity contribution in [1.29, 1.82) is 0 Å². The Balaban J connectivity index is 1.73. The topological polar surface area (TPSA) is 99.0 Å². The fourth-order valence-electron chi connectivity index (χ4n) is 2.20. The van der Waals surface area contributed by atoms with Crippen molar-refractivity contribution in [2.75, 3.05) is 11.2 Å². The van der Waals surface area contributed by atoms with Gasteiger partial charge in [0.15, 0.2) is 5.82 Å². The number of carbonyl (C=O) groups is 1. The lowest BCUT2D eigenvalue weighted by Crippen LogP contribution is -2.23. The predicted octanol–water partition coefficient (Wildman–Crippen LogP) is 3.99. The van der Waals surface area contributed by atoms with Gasteiger partial charge in [0.05, 0.1) is 32.8 Å². The molecule has 0 spiro atoms. The van der Waals surface area contributed by atoms with Gasteiger partial charge in [-0.3, -0.25) is 4.79 Å². The van der Waals surface area contributed by atoms with Crippen molar-refractivity contribution in [3.8, 4) is 11.4 Å². The summed E-state index contributed by atoms with van der Waals surface area (Å²) in [4.78, 5) is 12.4. The van der Waals surface area contributed by atoms with Gasteiger partial charge in [0.1, 0.15) is 5.76 Å². The van der Waals surface area contributed by atoms with Crippen molar-refractivity contribution in [1.82, 2.24) is 14.9 Å². The number of hydrogen-bond donors (Lipinski definition) is 2. The summed E-state index contributed by atoms with van der Waals surface area (Å²) in [5.74, 6) is 6.95. The molecular formula is C16H15Cl2N5O2S. The number of halogens is 2. The van der Waals surface area contributed by atoms with Gasteiger partial charge >= 0.3 is 0 Å². The molecule has 3 N–H and O–H groups in total. The Bertz CT molecular complexity index is 956. The maximum atomic E-state index is 12.4. The summed E-state index contributed by atoms with van der Waals surface area (Å²) in [6.07, 6.45) is 1.55. The number of thioether (sulfide) groups is 1. The third kappa shape index (κ3) is 3.67. The van der Waals surface area contributed by atoms with Crippen molar-refractivity contribution in [3.63, 3.8) is 0 Å². The van der Waals surface area contributed by atoms with E-state index in [-0.39, 0.29) is 5.91 Å². The minimum Gasteiger partial charge on any atom is -0.469 e. The number of amides is 1. The number of aromatic nitrogens is 3. The molecular weight excluding hydrogens is 397 g/mol. The molecule has 2 heterocycles. The Morgan fingerprint density at radius 3 is 2.81 bits per heavy atom. The zero-order valence-electron chi connectivity index (χ0n) is 13.9. The smallest absolute Gasteiger partial charge is 0.237 e. The first-order chi connectivity index (χ1) is 12.4. The van der Waals surface area contributed by atoms with Gasteiger partial charge in [-0.05, 0) is 32.0 Å². The number of aryl methyl sites for hydroxylation is 1. The summed E-state index contributed by atoms with van der Waals surface area (Å²) in [5, 5.41) is 11.4. The average molecular weight is 412 g/mol. The maximum Gasteiger partial charge on any atom is 0.237 e. The van der Waals surface area contributed by atoms with Crippen molar-refractivity contribution in [3.05, 3.63) is 46.3 Å². The van der Waals surface area contributed by atoms with E-state index in [1.165, 1.54) is 16.4 Å². The molecule has 26 heavy (non-hydrogen) atoms. The zero-order chi connectivity index (χ0) is 18.8. The van der Waals surface area contributed by atoms with E-state index in [4.69, 9.17) is 33.5 Å². The van der Waals surface area contributed by atoms with E-state index < -0.39 is 5.25 Å². The van der Waals surface area contributed by atoms with Gasteiger partial charge in [0.2, 0.25) is 11.1 Å². The summed E-state index contributed by atoms with van der Waals surface area (Å²) in [6.45, 7) is 3.54. The summed E-state index contributed by atoms with van der Waals surface area (Å²) < 4.78 is 6.59. The number of anilines is 1. The number of benzene rings is 1. The monoisotopic (exact) mass is 411 g/mol. The number of nitrogens with zero attached hydrogens (tertiary/aromatic N) is 3. The SMILES string of the molecule is Cc1occc1-c1nnc(SC(C)C(=O)Nc2cccc(Cl)c2Cl)n1N. The van der Waals surface area contributed by atoms with E-state index in [1.807, 2.05) is 6.92 Å². The molecule has 136 valence electrons. The third-order valence-electron chi connectivity index (χ3n) is 3.63. The van der Waals surface area contributed by atoms with Crippen molar-refractivity contribution in [2.45, 2.75) is 24.3 Å². The Labute approximate surface area is 163 Å². The van der Waals surface area contributed by atoms with Gasteiger partial charge in [-0.2, -0.15) is 0 Å². The molecule has 0 aliphatic carbocycles. The van der Waals surface area contributed by atoms with Crippen LogP contribution >= 0.6 is 35.0 Å². The van der Waals surface area contributed by atoms with Crippen LogP contribution in [0, 0.1) is 6.92 Å². The second kappa shape index (κ2) is 7.61. The largest absolute Gasteiger partial charge is 0.469 e. The van der Waals surface area contributed by atoms with E-state index >= 15 is 0 Å². The minimum absolute atomic E-state index is 0.261. The molecule has 0 saturated heterocycles. The molecule has 1 unspecified atom stereocenters. The van der Waals surface area contributed by atoms with E-state index in [2.05, 4.69) is 15.5 Å². The van der Waals surface area contributed by atoms with E-state index in [1.54, 1.807) is 37.5 Å². The third-order valence-corrected chi connectivity index (χ3v) is 5.50. The van der Waals surface area contributed by atoms with Crippen LogP contribution in [-0.4, -0.2) is 26.0 Å². The van der Waals surface area contributed by atoms with Crippen molar-refractivity contribution < 1.29 is 9.21 Å². The summed E-state index contributed by atoms with van der Waals surface area (Å²) in [5.41, 5.74) is 1.19. The van der Waals surface area contributed by atoms with Gasteiger partial charge in [-0.25, -0.2) is 4.68 Å². The molecule has 0 aliphatic heterocycles. The highest BCUT2D eigenvalue weighted by Gasteiger charge is 2.22. The van der Waals surface area contributed by atoms with Gasteiger partial charge in [-0.15, -0.1) is 10.2 Å². The van der Waals surface area contributed by atoms with Crippen molar-refractivity contribution >= 4 is 46.6 Å². The first-order valence-corrected chi connectivity index (χ1v) is 9.18. The average Bonchev–Trinajstić information content (AvgIpc) is 3.18. The molecule has 0 saturated carbocycles. The quantitative estimate of drug-likeness (QED) is 0.486. The first kappa shape index (κ1) is 18.6. The lowest BCUT2D eigenvalue weighted by Gasteiger charge is -2.13. The molecule has 1 amide bonds. The Kier molecular flexibility index (Phi) is 5.45. The molecule has 0 radical (unpaired) electrons. The summed E-state index contributed by atoms with van der Waals surface area (Å²) in [6, 6.07) is 6.79. The highest BCUT2D eigenvalue weighted by molar-refractivity contribution is 8.00. The van der Waals surface area contributed by atoms with E-state index in [9.17, 15) is 4.79 Å². The van der Waals surface area contributed by atoms with E-state index in [0.29, 0.717) is 32.5 Å². The summed E-state index contributed by atoms with van der Waals surface area (Å²) in [7, 11) is 0. The van der Waals surface area contributed by atoms with E-state index in [0.717, 1.165) is 5.56 Å². The van der Waals surface area contributed by atoms with Crippen molar-refractivity contribution in [2.24, 2.45) is 0 Å². The Morgan fingerprint density at radius 1 is 1.35 bits per heavy atom. The summed E-state index contributed by atoms with van der Waals surface area (Å²) >= 11 is 13.2. The first-order valence-electron chi connectivity index (χ1n) is 7.55. The second-order valence-corrected chi connectivity index (χ2v) is 7.51. The van der Waals surface area contributed by atoms with Crippen LogP contribution in [0.3, 0.4) is 0 Å². The van der Waals surface area contributed by atoms with Crippen LogP contribution in [0.4, 0.5) is 5.69 Å². The molecule has 3 rings (SSSR count). The van der Waals surface area contributed by atoms with Crippen LogP contribution in [0.15, 0.2) is 40.1 Å². The molecule has 1 atom stereocenters. The number of hydrogen-bond acceptors (Lipinski definition) is 6. The molecule has 2 aromatic heterocycles. The van der Waals surface area contributed by atoms with Gasteiger partial charge in [0.25, 0.3) is 0 Å². The lowest BCUT2D eigenvalue weighted by atomic mass is 10.2. The lowest BCUT2D eigenvalue weighted by molar-refractivity contribution is -0.115. The number of furan rings is 1. The number of nitrogens with two attached hydrogens (primary N) is 1. The van der Waals surface area contributed by atoms with Crippen LogP contribution in [0.1, 0.15) is 12.7 Å². The van der Waals surface area contributed by atoms with Crippen LogP contribution < -0.4 is 11.2 Å². The number of carbonyl (C=O) groups excluding carboxylic acids is 1. The molecule has 7 nitrogen and oxygen atoms in total. The molecule has 3 aromatic rings. The minimum atomic E-state index is -0.491. The van der Waals surface area contributed by atoms with Crippen LogP contribution in [-0.2, 0) is 4.79 Å². The van der Waals surface area contributed by atoms with Crippen LogP contribution in [0.5, 0.6) is 0 Å². The molecule has 0 bridgehead atoms. The zero-order valence-corrected chi connectivity index (χ0v) is 16.2. The van der Waals surface area contributed by atoms with Gasteiger partial charge in [0, 0.05) is 0 Å². The van der Waals surface area contributed by atoms with Crippen LogP contribution in [0.25, 0.3) is 11.4 Å². The predicted molar refractivity (Wildman–Crippen MR) is 103 cm³/mol. The number of rotatable bonds is 5. The molecule has 0 fully saturated rings. The standard InChI is InChI=1S/C16H15Cl2N5O2S/c1-8-10(6-7-25-8)14-21-22-16(23(14)19)26-9(2)15(24)20-12-5-3-4-11(17)13(12)18/h3-7,9H,19H2,1-2H3,(H,20,24). The second-order valence-electron chi connectivity index (χ2n) is 5.42. The number of nitrogens with one attached hydrogen (secondary N) is 1. The highest BCUT2D eigenvalue weighted by Crippen LogP contribution is 2.31. The normalized spacial score (nSPS) is 12.2. The van der Waals surface area contributed by atoms with Crippen LogP contribution in [0.2, 0.25) is 10.0 Å². The Morgan fingerprint density at radius 2 is 2.12 bits per heavy atom. The molecule has 10 heteroatoms.